The topological polar surface area (TPSA) is 25.2 Å². The minimum atomic E-state index is -4.21. The number of alkyl halides is 3. The molecular formula is C19H15ClF3NOS. The number of nitrogens with one attached hydrogen (secondary N) is 1. The molecule has 0 aliphatic carbocycles. The quantitative estimate of drug-likeness (QED) is 0.587. The monoisotopic (exact) mass is 397 g/mol. The van der Waals surface area contributed by atoms with E-state index in [4.69, 9.17) is 16.0 Å². The first-order valence-electron chi connectivity index (χ1n) is 8.17. The maximum atomic E-state index is 12.6. The average molecular weight is 398 g/mol. The normalized spacial score (nSPS) is 14.6. The standard InChI is InChI=1S/C19H15ClF3NOS/c20-16-8-13(7-14-15-10-24-5-4-17(15)25-18(14)16)26-12-3-1-2-11(6-12)9-19(21,22)23/h1-3,6-8,24H,4-5,9-10H2. The summed E-state index contributed by atoms with van der Waals surface area (Å²) in [6.45, 7) is 1.60. The van der Waals surface area contributed by atoms with Crippen molar-refractivity contribution in [2.75, 3.05) is 6.54 Å². The zero-order valence-corrected chi connectivity index (χ0v) is 15.2. The van der Waals surface area contributed by atoms with E-state index in [-0.39, 0.29) is 5.56 Å². The van der Waals surface area contributed by atoms with E-state index >= 15 is 0 Å². The second kappa shape index (κ2) is 6.83. The Morgan fingerprint density at radius 1 is 1.15 bits per heavy atom. The number of fused-ring (bicyclic) bond motifs is 3. The Morgan fingerprint density at radius 3 is 2.81 bits per heavy atom. The fourth-order valence-electron chi connectivity index (χ4n) is 3.19. The van der Waals surface area contributed by atoms with Crippen LogP contribution in [0.15, 0.2) is 50.6 Å². The van der Waals surface area contributed by atoms with Crippen LogP contribution >= 0.6 is 23.4 Å². The molecule has 0 fully saturated rings. The van der Waals surface area contributed by atoms with Crippen molar-refractivity contribution in [3.63, 3.8) is 0 Å². The fourth-order valence-corrected chi connectivity index (χ4v) is 4.49. The van der Waals surface area contributed by atoms with Gasteiger partial charge >= 0.3 is 6.18 Å². The number of hydrogen-bond donors (Lipinski definition) is 1. The van der Waals surface area contributed by atoms with E-state index in [1.807, 2.05) is 6.07 Å². The van der Waals surface area contributed by atoms with Crippen LogP contribution in [0.25, 0.3) is 11.0 Å². The molecule has 136 valence electrons. The van der Waals surface area contributed by atoms with Crippen molar-refractivity contribution < 1.29 is 17.6 Å². The molecule has 2 nitrogen and oxygen atoms in total. The van der Waals surface area contributed by atoms with Gasteiger partial charge in [-0.05, 0) is 29.8 Å². The maximum Gasteiger partial charge on any atom is 0.393 e. The molecule has 0 bridgehead atoms. The summed E-state index contributed by atoms with van der Waals surface area (Å²) in [6.07, 6.45) is -4.32. The Balaban J connectivity index is 1.66. The smallest absolute Gasteiger partial charge is 0.393 e. The van der Waals surface area contributed by atoms with Gasteiger partial charge < -0.3 is 9.73 Å². The molecule has 0 saturated carbocycles. The average Bonchev–Trinajstić information content (AvgIpc) is 2.93. The van der Waals surface area contributed by atoms with Crippen molar-refractivity contribution in [2.45, 2.75) is 35.4 Å². The zero-order chi connectivity index (χ0) is 18.3. The first kappa shape index (κ1) is 17.8. The summed E-state index contributed by atoms with van der Waals surface area (Å²) in [5.41, 5.74) is 2.04. The first-order chi connectivity index (χ1) is 12.4. The summed E-state index contributed by atoms with van der Waals surface area (Å²) in [7, 11) is 0. The Bertz CT molecular complexity index is 967. The Hall–Kier alpha value is -1.63. The molecule has 26 heavy (non-hydrogen) atoms. The molecule has 0 atom stereocenters. The largest absolute Gasteiger partial charge is 0.459 e. The van der Waals surface area contributed by atoms with Gasteiger partial charge in [0.25, 0.3) is 0 Å². The van der Waals surface area contributed by atoms with Crippen LogP contribution in [-0.2, 0) is 19.4 Å². The van der Waals surface area contributed by atoms with E-state index < -0.39 is 12.6 Å². The lowest BCUT2D eigenvalue weighted by Crippen LogP contribution is -2.22. The van der Waals surface area contributed by atoms with Crippen LogP contribution in [0.5, 0.6) is 0 Å². The van der Waals surface area contributed by atoms with Crippen molar-refractivity contribution in [1.29, 1.82) is 0 Å². The molecule has 1 aliphatic rings. The van der Waals surface area contributed by atoms with Crippen LogP contribution in [-0.4, -0.2) is 12.7 Å². The summed E-state index contributed by atoms with van der Waals surface area (Å²) in [5, 5.41) is 4.81. The predicted octanol–water partition coefficient (Wildman–Crippen LogP) is 5.99. The lowest BCUT2D eigenvalue weighted by molar-refractivity contribution is -0.127. The van der Waals surface area contributed by atoms with Crippen molar-refractivity contribution in [3.8, 4) is 0 Å². The number of furan rings is 1. The van der Waals surface area contributed by atoms with Crippen LogP contribution in [0.2, 0.25) is 5.02 Å². The minimum Gasteiger partial charge on any atom is -0.459 e. The van der Waals surface area contributed by atoms with E-state index in [0.29, 0.717) is 10.6 Å². The molecule has 0 amide bonds. The van der Waals surface area contributed by atoms with Crippen LogP contribution in [0, 0.1) is 0 Å². The molecule has 0 saturated heterocycles. The number of rotatable bonds is 3. The minimum absolute atomic E-state index is 0.250. The van der Waals surface area contributed by atoms with E-state index in [1.165, 1.54) is 17.8 Å². The molecule has 0 radical (unpaired) electrons. The third kappa shape index (κ3) is 3.72. The van der Waals surface area contributed by atoms with Crippen molar-refractivity contribution in [1.82, 2.24) is 5.32 Å². The van der Waals surface area contributed by atoms with Crippen molar-refractivity contribution in [3.05, 3.63) is 58.3 Å². The van der Waals surface area contributed by atoms with Gasteiger partial charge in [-0.25, -0.2) is 0 Å². The summed E-state index contributed by atoms with van der Waals surface area (Å²) in [6, 6.07) is 10.3. The predicted molar refractivity (Wildman–Crippen MR) is 97.0 cm³/mol. The summed E-state index contributed by atoms with van der Waals surface area (Å²) in [5.74, 6) is 0.954. The molecule has 3 aromatic rings. The van der Waals surface area contributed by atoms with Crippen LogP contribution in [0.1, 0.15) is 16.9 Å². The van der Waals surface area contributed by atoms with Gasteiger partial charge in [-0.3, -0.25) is 0 Å². The Labute approximate surface area is 157 Å². The lowest BCUT2D eigenvalue weighted by atomic mass is 10.1. The fraction of sp³-hybridized carbons (Fsp3) is 0.263. The van der Waals surface area contributed by atoms with Crippen LogP contribution in [0.3, 0.4) is 0 Å². The molecule has 7 heteroatoms. The Morgan fingerprint density at radius 2 is 2.00 bits per heavy atom. The summed E-state index contributed by atoms with van der Waals surface area (Å²) >= 11 is 7.79. The molecular weight excluding hydrogens is 383 g/mol. The molecule has 2 heterocycles. The second-order valence-corrected chi connectivity index (χ2v) is 7.81. The van der Waals surface area contributed by atoms with Gasteiger partial charge in [0, 0.05) is 40.3 Å². The Kier molecular flexibility index (Phi) is 4.67. The summed E-state index contributed by atoms with van der Waals surface area (Å²) in [4.78, 5) is 1.62. The number of hydrogen-bond acceptors (Lipinski definition) is 3. The summed E-state index contributed by atoms with van der Waals surface area (Å²) < 4.78 is 43.7. The van der Waals surface area contributed by atoms with Crippen molar-refractivity contribution >= 4 is 34.3 Å². The number of halogens is 4. The van der Waals surface area contributed by atoms with Crippen molar-refractivity contribution in [2.24, 2.45) is 0 Å². The van der Waals surface area contributed by atoms with E-state index in [9.17, 15) is 13.2 Å². The maximum absolute atomic E-state index is 12.6. The van der Waals surface area contributed by atoms with Gasteiger partial charge in [-0.15, -0.1) is 0 Å². The van der Waals surface area contributed by atoms with Gasteiger partial charge in [-0.1, -0.05) is 35.5 Å². The van der Waals surface area contributed by atoms with Gasteiger partial charge in [0.1, 0.15) is 5.76 Å². The highest BCUT2D eigenvalue weighted by atomic mass is 35.5. The third-order valence-electron chi connectivity index (χ3n) is 4.27. The van der Waals surface area contributed by atoms with E-state index in [0.717, 1.165) is 46.0 Å². The van der Waals surface area contributed by atoms with Gasteiger partial charge in [0.15, 0.2) is 5.58 Å². The second-order valence-electron chi connectivity index (χ2n) is 6.25. The van der Waals surface area contributed by atoms with Gasteiger partial charge in [0.2, 0.25) is 0 Å². The van der Waals surface area contributed by atoms with E-state index in [1.54, 1.807) is 24.3 Å². The molecule has 0 unspecified atom stereocenters. The molecule has 2 aromatic carbocycles. The molecule has 1 N–H and O–H groups in total. The SMILES string of the molecule is FC(F)(F)Cc1cccc(Sc2cc(Cl)c3oc4c(c3c2)CNCC4)c1. The molecule has 1 aliphatic heterocycles. The van der Waals surface area contributed by atoms with Crippen LogP contribution < -0.4 is 5.32 Å². The number of benzene rings is 2. The highest BCUT2D eigenvalue weighted by Gasteiger charge is 2.27. The first-order valence-corrected chi connectivity index (χ1v) is 9.36. The van der Waals surface area contributed by atoms with Crippen LogP contribution in [0.4, 0.5) is 13.2 Å². The molecule has 0 spiro atoms. The lowest BCUT2D eigenvalue weighted by Gasteiger charge is -2.11. The van der Waals surface area contributed by atoms with Gasteiger partial charge in [0.05, 0.1) is 11.4 Å². The molecule has 1 aromatic heterocycles. The zero-order valence-electron chi connectivity index (χ0n) is 13.6. The molecule has 4 rings (SSSR count). The third-order valence-corrected chi connectivity index (χ3v) is 5.52. The van der Waals surface area contributed by atoms with Gasteiger partial charge in [-0.2, -0.15) is 13.2 Å². The highest BCUT2D eigenvalue weighted by Crippen LogP contribution is 2.39. The van der Waals surface area contributed by atoms with E-state index in [2.05, 4.69) is 5.32 Å². The highest BCUT2D eigenvalue weighted by molar-refractivity contribution is 7.99.